The number of rotatable bonds is 4. The molecule has 1 heterocycles. The van der Waals surface area contributed by atoms with Crippen LogP contribution in [0.2, 0.25) is 0 Å². The first-order valence-electron chi connectivity index (χ1n) is 9.39. The van der Waals surface area contributed by atoms with Crippen LogP contribution in [0.3, 0.4) is 0 Å². The maximum Gasteiger partial charge on any atom is 0.225 e. The average Bonchev–Trinajstić information content (AvgIpc) is 3.31. The summed E-state index contributed by atoms with van der Waals surface area (Å²) in [4.78, 5) is 26.5. The second-order valence-electron chi connectivity index (χ2n) is 7.67. The van der Waals surface area contributed by atoms with E-state index in [2.05, 4.69) is 17.4 Å². The van der Waals surface area contributed by atoms with Crippen molar-refractivity contribution in [2.75, 3.05) is 11.9 Å². The van der Waals surface area contributed by atoms with Gasteiger partial charge < -0.3 is 10.2 Å². The van der Waals surface area contributed by atoms with E-state index in [4.69, 9.17) is 0 Å². The lowest BCUT2D eigenvalue weighted by molar-refractivity contribution is -0.133. The third-order valence-corrected chi connectivity index (χ3v) is 5.69. The summed E-state index contributed by atoms with van der Waals surface area (Å²) in [5, 5.41) is 3.06. The summed E-state index contributed by atoms with van der Waals surface area (Å²) in [6, 6.07) is 6.18. The highest BCUT2D eigenvalue weighted by Gasteiger charge is 2.34. The first-order chi connectivity index (χ1) is 11.7. The van der Waals surface area contributed by atoms with Crippen molar-refractivity contribution in [1.82, 2.24) is 4.90 Å². The summed E-state index contributed by atoms with van der Waals surface area (Å²) < 4.78 is 0. The van der Waals surface area contributed by atoms with E-state index in [1.807, 2.05) is 11.0 Å². The van der Waals surface area contributed by atoms with Gasteiger partial charge in [-0.3, -0.25) is 9.59 Å². The largest absolute Gasteiger partial charge is 0.338 e. The molecule has 1 aromatic rings. The van der Waals surface area contributed by atoms with Gasteiger partial charge in [-0.15, -0.1) is 0 Å². The Morgan fingerprint density at radius 2 is 1.88 bits per heavy atom. The van der Waals surface area contributed by atoms with Crippen molar-refractivity contribution in [1.29, 1.82) is 0 Å². The molecule has 1 aromatic carbocycles. The maximum absolute atomic E-state index is 12.3. The van der Waals surface area contributed by atoms with Crippen molar-refractivity contribution in [2.45, 2.75) is 57.9 Å². The van der Waals surface area contributed by atoms with Gasteiger partial charge in [0.1, 0.15) is 0 Å². The number of fused-ring (bicyclic) bond motifs is 1. The van der Waals surface area contributed by atoms with Crippen LogP contribution in [0.1, 0.15) is 56.1 Å². The van der Waals surface area contributed by atoms with Crippen LogP contribution in [0.25, 0.3) is 0 Å². The van der Waals surface area contributed by atoms with Gasteiger partial charge in [0, 0.05) is 31.1 Å². The Morgan fingerprint density at radius 3 is 2.62 bits per heavy atom. The van der Waals surface area contributed by atoms with Crippen molar-refractivity contribution in [3.8, 4) is 0 Å². The highest BCUT2D eigenvalue weighted by Crippen LogP contribution is 2.33. The molecule has 0 radical (unpaired) electrons. The fourth-order valence-electron chi connectivity index (χ4n) is 4.10. The van der Waals surface area contributed by atoms with E-state index in [0.717, 1.165) is 31.5 Å². The molecule has 24 heavy (non-hydrogen) atoms. The number of carbonyl (C=O) groups excluding carboxylic acids is 2. The van der Waals surface area contributed by atoms with Crippen LogP contribution in [0.4, 0.5) is 5.69 Å². The fraction of sp³-hybridized carbons (Fsp3) is 0.600. The summed E-state index contributed by atoms with van der Waals surface area (Å²) in [5.41, 5.74) is 3.37. The second kappa shape index (κ2) is 6.58. The minimum absolute atomic E-state index is 0.128. The lowest BCUT2D eigenvalue weighted by Gasteiger charge is -2.29. The number of nitrogens with one attached hydrogen (secondary N) is 1. The lowest BCUT2D eigenvalue weighted by Crippen LogP contribution is -2.36. The number of carbonyl (C=O) groups is 2. The van der Waals surface area contributed by atoms with Gasteiger partial charge in [-0.25, -0.2) is 0 Å². The second-order valence-corrected chi connectivity index (χ2v) is 7.67. The molecule has 4 rings (SSSR count). The zero-order valence-electron chi connectivity index (χ0n) is 14.2. The molecule has 2 aliphatic carbocycles. The molecule has 4 heteroatoms. The normalized spacial score (nSPS) is 20.8. The monoisotopic (exact) mass is 326 g/mol. The summed E-state index contributed by atoms with van der Waals surface area (Å²) in [7, 11) is 0. The molecular weight excluding hydrogens is 300 g/mol. The molecule has 2 fully saturated rings. The summed E-state index contributed by atoms with van der Waals surface area (Å²) in [5.74, 6) is 1.29. The van der Waals surface area contributed by atoms with Gasteiger partial charge in [-0.05, 0) is 61.3 Å². The number of amides is 2. The highest BCUT2D eigenvalue weighted by atomic mass is 16.2. The molecule has 2 amide bonds. The fourth-order valence-corrected chi connectivity index (χ4v) is 4.10. The van der Waals surface area contributed by atoms with Crippen LogP contribution in [-0.2, 0) is 22.6 Å². The van der Waals surface area contributed by atoms with E-state index in [1.165, 1.54) is 36.8 Å². The van der Waals surface area contributed by atoms with Gasteiger partial charge >= 0.3 is 0 Å². The van der Waals surface area contributed by atoms with E-state index >= 15 is 0 Å². The molecule has 1 N–H and O–H groups in total. The Hall–Kier alpha value is -1.84. The maximum atomic E-state index is 12.3. The molecular formula is C20H26N2O2. The van der Waals surface area contributed by atoms with Crippen molar-refractivity contribution < 1.29 is 9.59 Å². The third-order valence-electron chi connectivity index (χ3n) is 5.69. The van der Waals surface area contributed by atoms with Crippen molar-refractivity contribution in [3.63, 3.8) is 0 Å². The molecule has 128 valence electrons. The van der Waals surface area contributed by atoms with Crippen LogP contribution in [-0.4, -0.2) is 23.3 Å². The van der Waals surface area contributed by atoms with Gasteiger partial charge in [-0.2, -0.15) is 0 Å². The summed E-state index contributed by atoms with van der Waals surface area (Å²) >= 11 is 0. The Balaban J connectivity index is 1.39. The van der Waals surface area contributed by atoms with Crippen LogP contribution >= 0.6 is 0 Å². The van der Waals surface area contributed by atoms with E-state index < -0.39 is 0 Å². The third kappa shape index (κ3) is 3.47. The highest BCUT2D eigenvalue weighted by molar-refractivity contribution is 5.91. The van der Waals surface area contributed by atoms with Crippen LogP contribution in [0, 0.1) is 11.8 Å². The molecule has 2 saturated carbocycles. The first kappa shape index (κ1) is 15.7. The molecule has 4 nitrogen and oxygen atoms in total. The molecule has 0 saturated heterocycles. The van der Waals surface area contributed by atoms with Crippen LogP contribution in [0.5, 0.6) is 0 Å². The van der Waals surface area contributed by atoms with E-state index in [1.54, 1.807) is 0 Å². The molecule has 0 atom stereocenters. The topological polar surface area (TPSA) is 49.4 Å². The van der Waals surface area contributed by atoms with Crippen molar-refractivity contribution in [2.24, 2.45) is 11.8 Å². The standard InChI is InChI=1S/C20H26N2O2/c23-19(11-14-3-1-2-4-14)21-18-8-7-15-9-10-22(13-17(15)12-18)20(24)16-5-6-16/h7-8,12,14,16H,1-6,9-11,13H2,(H,21,23). The zero-order chi connectivity index (χ0) is 16.5. The average molecular weight is 326 g/mol. The predicted molar refractivity (Wildman–Crippen MR) is 93.5 cm³/mol. The summed E-state index contributed by atoms with van der Waals surface area (Å²) in [6.45, 7) is 1.52. The van der Waals surface area contributed by atoms with Gasteiger partial charge in [0.15, 0.2) is 0 Å². The Kier molecular flexibility index (Phi) is 4.30. The predicted octanol–water partition coefficient (Wildman–Crippen LogP) is 3.50. The van der Waals surface area contributed by atoms with Gasteiger partial charge in [0.25, 0.3) is 0 Å². The Morgan fingerprint density at radius 1 is 1.08 bits per heavy atom. The van der Waals surface area contributed by atoms with Crippen molar-refractivity contribution in [3.05, 3.63) is 29.3 Å². The number of benzene rings is 1. The Bertz CT molecular complexity index is 645. The molecule has 3 aliphatic rings. The molecule has 0 unspecified atom stereocenters. The number of anilines is 1. The molecule has 0 aromatic heterocycles. The first-order valence-corrected chi connectivity index (χ1v) is 9.39. The Labute approximate surface area is 143 Å². The SMILES string of the molecule is O=C(CC1CCCC1)Nc1ccc2c(c1)CN(C(=O)C1CC1)CC2. The van der Waals surface area contributed by atoms with E-state index in [9.17, 15) is 9.59 Å². The van der Waals surface area contributed by atoms with Gasteiger partial charge in [0.05, 0.1) is 0 Å². The number of nitrogens with zero attached hydrogens (tertiary/aromatic N) is 1. The number of hydrogen-bond donors (Lipinski definition) is 1. The number of hydrogen-bond acceptors (Lipinski definition) is 2. The van der Waals surface area contributed by atoms with E-state index in [0.29, 0.717) is 24.8 Å². The molecule has 0 bridgehead atoms. The van der Waals surface area contributed by atoms with E-state index in [-0.39, 0.29) is 11.8 Å². The molecule has 1 aliphatic heterocycles. The van der Waals surface area contributed by atoms with Crippen LogP contribution < -0.4 is 5.32 Å². The molecule has 0 spiro atoms. The minimum atomic E-state index is 0.128. The summed E-state index contributed by atoms with van der Waals surface area (Å²) in [6.07, 6.45) is 8.58. The van der Waals surface area contributed by atoms with Gasteiger partial charge in [-0.1, -0.05) is 18.9 Å². The zero-order valence-corrected chi connectivity index (χ0v) is 14.2. The van der Waals surface area contributed by atoms with Crippen LogP contribution in [0.15, 0.2) is 18.2 Å². The smallest absolute Gasteiger partial charge is 0.225 e. The van der Waals surface area contributed by atoms with Crippen molar-refractivity contribution >= 4 is 17.5 Å². The minimum Gasteiger partial charge on any atom is -0.338 e. The quantitative estimate of drug-likeness (QED) is 0.920. The lowest BCUT2D eigenvalue weighted by atomic mass is 9.98. The van der Waals surface area contributed by atoms with Gasteiger partial charge in [0.2, 0.25) is 11.8 Å².